The minimum Gasteiger partial charge on any atom is -0.377 e. The summed E-state index contributed by atoms with van der Waals surface area (Å²) in [6, 6.07) is 0.673. The molecule has 0 bridgehead atoms. The zero-order chi connectivity index (χ0) is 15.9. The van der Waals surface area contributed by atoms with Gasteiger partial charge in [0.2, 0.25) is 0 Å². The molecule has 3 rings (SSSR count). The van der Waals surface area contributed by atoms with Gasteiger partial charge in [-0.15, -0.1) is 0 Å². The Bertz CT molecular complexity index is 464. The fourth-order valence-corrected chi connectivity index (χ4v) is 3.55. The summed E-state index contributed by atoms with van der Waals surface area (Å²) in [6.45, 7) is 10.0. The highest BCUT2D eigenvalue weighted by Crippen LogP contribution is 2.18. The molecule has 1 saturated heterocycles. The molecule has 0 radical (unpaired) electrons. The first-order chi connectivity index (χ1) is 11.4. The van der Waals surface area contributed by atoms with Crippen LogP contribution in [0.25, 0.3) is 0 Å². The van der Waals surface area contributed by atoms with Crippen LogP contribution in [-0.2, 0) is 4.74 Å². The highest BCUT2D eigenvalue weighted by molar-refractivity contribution is 5.80. The highest BCUT2D eigenvalue weighted by atomic mass is 16.5. The standard InChI is InChI=1S/C18H30N4O/c1-2-19-18(20-9-5-16-7-13-23-14-8-16)22-12-6-17(15-22)21-10-3-4-11-21/h3-4,7,17H,2,5-6,8-15H2,1H3,(H,19,20). The van der Waals surface area contributed by atoms with Gasteiger partial charge in [0, 0.05) is 45.3 Å². The van der Waals surface area contributed by atoms with Crippen LogP contribution in [0.15, 0.2) is 28.8 Å². The molecule has 5 nitrogen and oxygen atoms in total. The molecule has 0 aromatic rings. The Labute approximate surface area is 140 Å². The van der Waals surface area contributed by atoms with E-state index in [0.29, 0.717) is 6.04 Å². The van der Waals surface area contributed by atoms with Gasteiger partial charge in [0.1, 0.15) is 0 Å². The van der Waals surface area contributed by atoms with Crippen molar-refractivity contribution in [1.82, 2.24) is 15.1 Å². The summed E-state index contributed by atoms with van der Waals surface area (Å²) in [5.74, 6) is 1.09. The Morgan fingerprint density at radius 1 is 1.39 bits per heavy atom. The van der Waals surface area contributed by atoms with Gasteiger partial charge in [-0.25, -0.2) is 0 Å². The zero-order valence-electron chi connectivity index (χ0n) is 14.3. The molecule has 5 heteroatoms. The van der Waals surface area contributed by atoms with Crippen molar-refractivity contribution in [2.75, 3.05) is 52.5 Å². The number of hydrogen-bond donors (Lipinski definition) is 1. The lowest BCUT2D eigenvalue weighted by atomic mass is 10.1. The van der Waals surface area contributed by atoms with E-state index in [1.807, 2.05) is 0 Å². The van der Waals surface area contributed by atoms with Gasteiger partial charge >= 0.3 is 0 Å². The second-order valence-electron chi connectivity index (χ2n) is 6.49. The molecule has 0 amide bonds. The second kappa shape index (κ2) is 8.50. The molecular weight excluding hydrogens is 288 g/mol. The van der Waals surface area contributed by atoms with E-state index in [2.05, 4.69) is 40.3 Å². The average Bonchev–Trinajstić information content (AvgIpc) is 3.26. The first-order valence-corrected chi connectivity index (χ1v) is 9.04. The van der Waals surface area contributed by atoms with Gasteiger partial charge in [0.15, 0.2) is 5.96 Å². The molecule has 128 valence electrons. The Kier molecular flexibility index (Phi) is 6.11. The summed E-state index contributed by atoms with van der Waals surface area (Å²) in [5.41, 5.74) is 1.50. The lowest BCUT2D eigenvalue weighted by molar-refractivity contribution is 0.153. The highest BCUT2D eigenvalue weighted by Gasteiger charge is 2.29. The van der Waals surface area contributed by atoms with Gasteiger partial charge in [0.05, 0.1) is 13.2 Å². The molecule has 3 aliphatic rings. The first-order valence-electron chi connectivity index (χ1n) is 9.04. The lowest BCUT2D eigenvalue weighted by Crippen LogP contribution is -2.42. The number of aliphatic imine (C=N–C) groups is 1. The Morgan fingerprint density at radius 3 is 3.00 bits per heavy atom. The van der Waals surface area contributed by atoms with Crippen LogP contribution in [0, 0.1) is 0 Å². The van der Waals surface area contributed by atoms with Crippen molar-refractivity contribution in [2.45, 2.75) is 32.2 Å². The molecule has 3 aliphatic heterocycles. The fourth-order valence-electron chi connectivity index (χ4n) is 3.55. The topological polar surface area (TPSA) is 40.1 Å². The number of ether oxygens (including phenoxy) is 1. The van der Waals surface area contributed by atoms with Crippen molar-refractivity contribution < 1.29 is 4.74 Å². The SMILES string of the molecule is CCNC(=NCCC1=CCOCC1)N1CCC(N2CC=CC2)C1. The molecular formula is C18H30N4O. The van der Waals surface area contributed by atoms with Gasteiger partial charge in [-0.2, -0.15) is 0 Å². The monoisotopic (exact) mass is 318 g/mol. The molecule has 1 unspecified atom stereocenters. The zero-order valence-corrected chi connectivity index (χ0v) is 14.3. The fraction of sp³-hybridized carbons (Fsp3) is 0.722. The van der Waals surface area contributed by atoms with Crippen LogP contribution < -0.4 is 5.32 Å². The predicted octanol–water partition coefficient (Wildman–Crippen LogP) is 1.63. The van der Waals surface area contributed by atoms with Gasteiger partial charge < -0.3 is 15.0 Å². The molecule has 3 heterocycles. The average molecular weight is 318 g/mol. The van der Waals surface area contributed by atoms with Crippen molar-refractivity contribution in [3.8, 4) is 0 Å². The molecule has 1 atom stereocenters. The van der Waals surface area contributed by atoms with Crippen LogP contribution in [0.2, 0.25) is 0 Å². The van der Waals surface area contributed by atoms with E-state index in [1.165, 1.54) is 12.0 Å². The maximum Gasteiger partial charge on any atom is 0.193 e. The van der Waals surface area contributed by atoms with Crippen molar-refractivity contribution in [3.05, 3.63) is 23.8 Å². The molecule has 0 aliphatic carbocycles. The summed E-state index contributed by atoms with van der Waals surface area (Å²) < 4.78 is 5.36. The molecule has 0 aromatic heterocycles. The van der Waals surface area contributed by atoms with E-state index < -0.39 is 0 Å². The third-order valence-corrected chi connectivity index (χ3v) is 4.91. The van der Waals surface area contributed by atoms with Gasteiger partial charge in [0.25, 0.3) is 0 Å². The van der Waals surface area contributed by atoms with Crippen LogP contribution in [0.3, 0.4) is 0 Å². The van der Waals surface area contributed by atoms with Gasteiger partial charge in [-0.3, -0.25) is 9.89 Å². The summed E-state index contributed by atoms with van der Waals surface area (Å²) in [5, 5.41) is 3.47. The van der Waals surface area contributed by atoms with Crippen molar-refractivity contribution in [3.63, 3.8) is 0 Å². The number of nitrogens with zero attached hydrogens (tertiary/aromatic N) is 3. The van der Waals surface area contributed by atoms with Crippen LogP contribution >= 0.6 is 0 Å². The van der Waals surface area contributed by atoms with Crippen molar-refractivity contribution in [1.29, 1.82) is 0 Å². The van der Waals surface area contributed by atoms with E-state index >= 15 is 0 Å². The lowest BCUT2D eigenvalue weighted by Gasteiger charge is -2.25. The summed E-state index contributed by atoms with van der Waals surface area (Å²) in [4.78, 5) is 9.87. The number of rotatable bonds is 5. The number of nitrogens with one attached hydrogen (secondary N) is 1. The molecule has 23 heavy (non-hydrogen) atoms. The van der Waals surface area contributed by atoms with Crippen LogP contribution in [0.4, 0.5) is 0 Å². The third-order valence-electron chi connectivity index (χ3n) is 4.91. The Morgan fingerprint density at radius 2 is 2.26 bits per heavy atom. The Hall–Kier alpha value is -1.33. The number of guanidine groups is 1. The van der Waals surface area contributed by atoms with E-state index in [0.717, 1.165) is 71.3 Å². The quantitative estimate of drug-likeness (QED) is 0.475. The molecule has 1 N–H and O–H groups in total. The van der Waals surface area contributed by atoms with Gasteiger partial charge in [-0.1, -0.05) is 23.8 Å². The summed E-state index contributed by atoms with van der Waals surface area (Å²) in [7, 11) is 0. The van der Waals surface area contributed by atoms with Crippen LogP contribution in [0.1, 0.15) is 26.2 Å². The largest absolute Gasteiger partial charge is 0.377 e. The molecule has 1 fully saturated rings. The second-order valence-corrected chi connectivity index (χ2v) is 6.49. The molecule has 0 aromatic carbocycles. The maximum absolute atomic E-state index is 5.36. The summed E-state index contributed by atoms with van der Waals surface area (Å²) >= 11 is 0. The summed E-state index contributed by atoms with van der Waals surface area (Å²) in [6.07, 6.45) is 10.2. The van der Waals surface area contributed by atoms with Gasteiger partial charge in [-0.05, 0) is 26.2 Å². The minimum atomic E-state index is 0.673. The van der Waals surface area contributed by atoms with Crippen LogP contribution in [0.5, 0.6) is 0 Å². The first kappa shape index (κ1) is 16.5. The van der Waals surface area contributed by atoms with Crippen LogP contribution in [-0.4, -0.2) is 74.3 Å². The molecule has 0 saturated carbocycles. The van der Waals surface area contributed by atoms with E-state index in [4.69, 9.17) is 9.73 Å². The van der Waals surface area contributed by atoms with Crippen molar-refractivity contribution >= 4 is 5.96 Å². The predicted molar refractivity (Wildman–Crippen MR) is 94.8 cm³/mol. The van der Waals surface area contributed by atoms with E-state index in [-0.39, 0.29) is 0 Å². The number of hydrogen-bond acceptors (Lipinski definition) is 3. The molecule has 0 spiro atoms. The normalized spacial score (nSPS) is 26.0. The maximum atomic E-state index is 5.36. The van der Waals surface area contributed by atoms with Crippen molar-refractivity contribution in [2.24, 2.45) is 4.99 Å². The van der Waals surface area contributed by atoms with E-state index in [9.17, 15) is 0 Å². The smallest absolute Gasteiger partial charge is 0.193 e. The third kappa shape index (κ3) is 4.58. The minimum absolute atomic E-state index is 0.673. The number of likely N-dealkylation sites (tertiary alicyclic amines) is 1. The van der Waals surface area contributed by atoms with E-state index in [1.54, 1.807) is 0 Å². The Balaban J connectivity index is 1.51.